The molecule has 0 aliphatic rings. The minimum absolute atomic E-state index is 0.581. The first kappa shape index (κ1) is 14.0. The van der Waals surface area contributed by atoms with E-state index >= 15 is 0 Å². The molecule has 1 aromatic rings. The van der Waals surface area contributed by atoms with Crippen molar-refractivity contribution in [2.45, 2.75) is 20.4 Å². The number of nitrogens with two attached hydrogens (primary N) is 1. The predicted octanol–water partition coefficient (Wildman–Crippen LogP) is 2.25. The van der Waals surface area contributed by atoms with Gasteiger partial charge in [-0.25, -0.2) is 0 Å². The van der Waals surface area contributed by atoms with Crippen LogP contribution in [-0.2, 0) is 11.3 Å². The van der Waals surface area contributed by atoms with E-state index in [1.54, 1.807) is 7.11 Å². The van der Waals surface area contributed by atoms with Crippen LogP contribution in [0.4, 0.5) is 5.69 Å². The summed E-state index contributed by atoms with van der Waals surface area (Å²) in [7, 11) is 1.74. The Morgan fingerprint density at radius 1 is 1.29 bits per heavy atom. The molecule has 0 heterocycles. The van der Waals surface area contributed by atoms with Gasteiger partial charge in [0, 0.05) is 32.4 Å². The lowest BCUT2D eigenvalue weighted by Crippen LogP contribution is -2.32. The third-order valence-electron chi connectivity index (χ3n) is 2.70. The third-order valence-corrected chi connectivity index (χ3v) is 2.70. The number of ether oxygens (including phenoxy) is 1. The first-order valence-corrected chi connectivity index (χ1v) is 6.21. The molecule has 1 rings (SSSR count). The van der Waals surface area contributed by atoms with Crippen LogP contribution in [0.15, 0.2) is 24.3 Å². The van der Waals surface area contributed by atoms with E-state index in [-0.39, 0.29) is 0 Å². The van der Waals surface area contributed by atoms with Crippen molar-refractivity contribution in [3.05, 3.63) is 29.8 Å². The van der Waals surface area contributed by atoms with Gasteiger partial charge in [-0.1, -0.05) is 32.0 Å². The molecule has 0 aliphatic carbocycles. The third kappa shape index (κ3) is 4.36. The first-order valence-electron chi connectivity index (χ1n) is 6.21. The Morgan fingerprint density at radius 3 is 2.59 bits per heavy atom. The molecule has 0 saturated carbocycles. The lowest BCUT2D eigenvalue weighted by atomic mass is 10.1. The second-order valence-corrected chi connectivity index (χ2v) is 4.67. The number of hydrogen-bond acceptors (Lipinski definition) is 3. The summed E-state index contributed by atoms with van der Waals surface area (Å²) in [4.78, 5) is 2.36. The molecule has 0 aromatic heterocycles. The molecule has 0 amide bonds. The number of hydrogen-bond donors (Lipinski definition) is 1. The summed E-state index contributed by atoms with van der Waals surface area (Å²) in [6.07, 6.45) is 0. The zero-order chi connectivity index (χ0) is 12.7. The van der Waals surface area contributed by atoms with Gasteiger partial charge < -0.3 is 15.4 Å². The SMILES string of the molecule is COCCN(CC(C)C)c1ccccc1CN. The second kappa shape index (κ2) is 7.30. The number of methoxy groups -OCH3 is 1. The van der Waals surface area contributed by atoms with Crippen LogP contribution in [0.1, 0.15) is 19.4 Å². The van der Waals surface area contributed by atoms with Gasteiger partial charge >= 0.3 is 0 Å². The van der Waals surface area contributed by atoms with Gasteiger partial charge in [-0.2, -0.15) is 0 Å². The van der Waals surface area contributed by atoms with Crippen molar-refractivity contribution in [1.82, 2.24) is 0 Å². The van der Waals surface area contributed by atoms with Crippen molar-refractivity contribution < 1.29 is 4.74 Å². The largest absolute Gasteiger partial charge is 0.383 e. The summed E-state index contributed by atoms with van der Waals surface area (Å²) in [5, 5.41) is 0. The number of benzene rings is 1. The zero-order valence-electron chi connectivity index (χ0n) is 11.1. The van der Waals surface area contributed by atoms with Crippen molar-refractivity contribution in [3.63, 3.8) is 0 Å². The lowest BCUT2D eigenvalue weighted by molar-refractivity contribution is 0.204. The summed E-state index contributed by atoms with van der Waals surface area (Å²) >= 11 is 0. The highest BCUT2D eigenvalue weighted by molar-refractivity contribution is 5.53. The maximum Gasteiger partial charge on any atom is 0.0637 e. The van der Waals surface area contributed by atoms with Crippen molar-refractivity contribution in [2.75, 3.05) is 31.7 Å². The number of nitrogens with zero attached hydrogens (tertiary/aromatic N) is 1. The molecule has 0 bridgehead atoms. The number of para-hydroxylation sites is 1. The highest BCUT2D eigenvalue weighted by atomic mass is 16.5. The molecule has 0 unspecified atom stereocenters. The fraction of sp³-hybridized carbons (Fsp3) is 0.571. The van der Waals surface area contributed by atoms with E-state index in [2.05, 4.69) is 36.9 Å². The van der Waals surface area contributed by atoms with Crippen molar-refractivity contribution in [2.24, 2.45) is 11.7 Å². The average molecular weight is 236 g/mol. The monoisotopic (exact) mass is 236 g/mol. The second-order valence-electron chi connectivity index (χ2n) is 4.67. The molecular weight excluding hydrogens is 212 g/mol. The van der Waals surface area contributed by atoms with Gasteiger partial charge in [0.2, 0.25) is 0 Å². The van der Waals surface area contributed by atoms with Crippen molar-refractivity contribution in [3.8, 4) is 0 Å². The molecule has 3 heteroatoms. The van der Waals surface area contributed by atoms with Crippen LogP contribution < -0.4 is 10.6 Å². The van der Waals surface area contributed by atoms with Crippen LogP contribution in [0.5, 0.6) is 0 Å². The quantitative estimate of drug-likeness (QED) is 0.789. The van der Waals surface area contributed by atoms with E-state index in [0.717, 1.165) is 19.7 Å². The molecule has 0 atom stereocenters. The minimum Gasteiger partial charge on any atom is -0.383 e. The fourth-order valence-electron chi connectivity index (χ4n) is 1.94. The van der Waals surface area contributed by atoms with Gasteiger partial charge in [0.15, 0.2) is 0 Å². The summed E-state index contributed by atoms with van der Waals surface area (Å²) in [6.45, 7) is 7.71. The van der Waals surface area contributed by atoms with Gasteiger partial charge in [0.25, 0.3) is 0 Å². The molecular formula is C14H24N2O. The van der Waals surface area contributed by atoms with E-state index in [9.17, 15) is 0 Å². The van der Waals surface area contributed by atoms with Crippen LogP contribution in [0, 0.1) is 5.92 Å². The van der Waals surface area contributed by atoms with E-state index < -0.39 is 0 Å². The summed E-state index contributed by atoms with van der Waals surface area (Å²) in [6, 6.07) is 8.33. The Morgan fingerprint density at radius 2 is 2.00 bits per heavy atom. The van der Waals surface area contributed by atoms with Crippen LogP contribution in [0.3, 0.4) is 0 Å². The van der Waals surface area contributed by atoms with Gasteiger partial charge in [-0.3, -0.25) is 0 Å². The molecule has 0 aliphatic heterocycles. The topological polar surface area (TPSA) is 38.5 Å². The summed E-state index contributed by atoms with van der Waals surface area (Å²) < 4.78 is 5.18. The Balaban J connectivity index is 2.86. The molecule has 17 heavy (non-hydrogen) atoms. The molecule has 0 fully saturated rings. The number of anilines is 1. The summed E-state index contributed by atoms with van der Waals surface area (Å²) in [5.41, 5.74) is 8.23. The van der Waals surface area contributed by atoms with Gasteiger partial charge in [-0.15, -0.1) is 0 Å². The Labute approximate surface area is 105 Å². The predicted molar refractivity (Wildman–Crippen MR) is 73.3 cm³/mol. The molecule has 0 saturated heterocycles. The Hall–Kier alpha value is -1.06. The van der Waals surface area contributed by atoms with Crippen LogP contribution >= 0.6 is 0 Å². The van der Waals surface area contributed by atoms with Crippen LogP contribution in [-0.4, -0.2) is 26.8 Å². The standard InChI is InChI=1S/C14H24N2O/c1-12(2)11-16(8-9-17-3)14-7-5-4-6-13(14)10-15/h4-7,12H,8-11,15H2,1-3H3. The molecule has 0 radical (unpaired) electrons. The average Bonchev–Trinajstić information content (AvgIpc) is 2.34. The van der Waals surface area contributed by atoms with E-state index in [4.69, 9.17) is 10.5 Å². The van der Waals surface area contributed by atoms with Crippen LogP contribution in [0.2, 0.25) is 0 Å². The van der Waals surface area contributed by atoms with Crippen molar-refractivity contribution >= 4 is 5.69 Å². The van der Waals surface area contributed by atoms with E-state index in [1.807, 2.05) is 6.07 Å². The van der Waals surface area contributed by atoms with Gasteiger partial charge in [0.05, 0.1) is 6.61 Å². The zero-order valence-corrected chi connectivity index (χ0v) is 11.1. The van der Waals surface area contributed by atoms with Gasteiger partial charge in [0.1, 0.15) is 0 Å². The van der Waals surface area contributed by atoms with Gasteiger partial charge in [-0.05, 0) is 17.5 Å². The van der Waals surface area contributed by atoms with Crippen molar-refractivity contribution in [1.29, 1.82) is 0 Å². The fourth-order valence-corrected chi connectivity index (χ4v) is 1.94. The molecule has 3 nitrogen and oxygen atoms in total. The molecule has 1 aromatic carbocycles. The van der Waals surface area contributed by atoms with E-state index in [1.165, 1.54) is 11.3 Å². The molecule has 96 valence electrons. The van der Waals surface area contributed by atoms with E-state index in [0.29, 0.717) is 12.5 Å². The first-order chi connectivity index (χ1) is 8.19. The minimum atomic E-state index is 0.581. The maximum absolute atomic E-state index is 5.79. The van der Waals surface area contributed by atoms with Crippen LogP contribution in [0.25, 0.3) is 0 Å². The number of rotatable bonds is 7. The summed E-state index contributed by atoms with van der Waals surface area (Å²) in [5.74, 6) is 0.623. The Bertz CT molecular complexity index is 326. The lowest BCUT2D eigenvalue weighted by Gasteiger charge is -2.28. The maximum atomic E-state index is 5.79. The molecule has 2 N–H and O–H groups in total. The highest BCUT2D eigenvalue weighted by Gasteiger charge is 2.11. The smallest absolute Gasteiger partial charge is 0.0637 e. The highest BCUT2D eigenvalue weighted by Crippen LogP contribution is 2.20. The molecule has 0 spiro atoms. The Kier molecular flexibility index (Phi) is 6.01. The normalized spacial score (nSPS) is 10.9.